The Morgan fingerprint density at radius 3 is 2.48 bits per heavy atom. The minimum atomic E-state index is -0.882. The second-order valence-electron chi connectivity index (χ2n) is 4.55. The number of aliphatic hydroxyl groups is 1. The van der Waals surface area contributed by atoms with Gasteiger partial charge >= 0.3 is 5.97 Å². The molecule has 0 spiro atoms. The zero-order chi connectivity index (χ0) is 15.2. The van der Waals surface area contributed by atoms with E-state index < -0.39 is 5.97 Å². The van der Waals surface area contributed by atoms with Crippen LogP contribution < -0.4 is 4.74 Å². The smallest absolute Gasteiger partial charge is 0.307 e. The molecule has 0 bridgehead atoms. The molecule has 0 saturated heterocycles. The van der Waals surface area contributed by atoms with Crippen LogP contribution in [0.4, 0.5) is 0 Å². The number of aliphatic hydroxyl groups excluding tert-OH is 1. The van der Waals surface area contributed by atoms with Crippen molar-refractivity contribution in [2.24, 2.45) is 0 Å². The molecule has 2 N–H and O–H groups in total. The van der Waals surface area contributed by atoms with Gasteiger partial charge in [0.15, 0.2) is 0 Å². The van der Waals surface area contributed by atoms with Crippen LogP contribution in [0, 0.1) is 0 Å². The monoisotopic (exact) mass is 306 g/mol. The number of carbonyl (C=O) groups is 1. The summed E-state index contributed by atoms with van der Waals surface area (Å²) in [5.41, 5.74) is 2.23. The Bertz CT molecular complexity index is 640. The zero-order valence-electron chi connectivity index (χ0n) is 11.3. The van der Waals surface area contributed by atoms with Gasteiger partial charge in [-0.25, -0.2) is 0 Å². The topological polar surface area (TPSA) is 66.8 Å². The van der Waals surface area contributed by atoms with Crippen molar-refractivity contribution in [2.45, 2.75) is 19.6 Å². The van der Waals surface area contributed by atoms with Crippen molar-refractivity contribution in [2.75, 3.05) is 0 Å². The van der Waals surface area contributed by atoms with Crippen molar-refractivity contribution in [3.63, 3.8) is 0 Å². The third kappa shape index (κ3) is 4.21. The molecule has 0 atom stereocenters. The van der Waals surface area contributed by atoms with Gasteiger partial charge < -0.3 is 14.9 Å². The van der Waals surface area contributed by atoms with E-state index in [0.717, 1.165) is 5.56 Å². The fourth-order valence-corrected chi connectivity index (χ4v) is 2.21. The van der Waals surface area contributed by atoms with Crippen molar-refractivity contribution >= 4 is 17.6 Å². The summed E-state index contributed by atoms with van der Waals surface area (Å²) in [5, 5.41) is 18.3. The maximum Gasteiger partial charge on any atom is 0.307 e. The second kappa shape index (κ2) is 7.11. The summed E-state index contributed by atoms with van der Waals surface area (Å²) < 4.78 is 5.64. The lowest BCUT2D eigenvalue weighted by molar-refractivity contribution is -0.136. The lowest BCUT2D eigenvalue weighted by Crippen LogP contribution is -2.06. The normalized spacial score (nSPS) is 10.4. The zero-order valence-corrected chi connectivity index (χ0v) is 12.0. The number of aliphatic carboxylic acids is 1. The number of hydrogen-bond donors (Lipinski definition) is 2. The van der Waals surface area contributed by atoms with E-state index in [2.05, 4.69) is 0 Å². The van der Waals surface area contributed by atoms with Crippen molar-refractivity contribution < 1.29 is 19.7 Å². The van der Waals surface area contributed by atoms with E-state index in [1.807, 2.05) is 12.1 Å². The Labute approximate surface area is 127 Å². The highest BCUT2D eigenvalue weighted by molar-refractivity contribution is 6.32. The average molecular weight is 307 g/mol. The minimum absolute atomic E-state index is 0.0449. The van der Waals surface area contributed by atoms with Crippen LogP contribution in [0.2, 0.25) is 5.02 Å². The summed E-state index contributed by atoms with van der Waals surface area (Å²) in [4.78, 5) is 10.8. The summed E-state index contributed by atoms with van der Waals surface area (Å²) >= 11 is 6.07. The van der Waals surface area contributed by atoms with Crippen LogP contribution in [0.5, 0.6) is 5.75 Å². The van der Waals surface area contributed by atoms with E-state index in [4.69, 9.17) is 26.6 Å². The van der Waals surface area contributed by atoms with Gasteiger partial charge in [0, 0.05) is 0 Å². The molecule has 5 heteroatoms. The highest BCUT2D eigenvalue weighted by Crippen LogP contribution is 2.26. The Balaban J connectivity index is 2.11. The molecule has 0 amide bonds. The predicted molar refractivity (Wildman–Crippen MR) is 79.5 cm³/mol. The molecule has 21 heavy (non-hydrogen) atoms. The number of carboxylic acids is 1. The van der Waals surface area contributed by atoms with E-state index in [0.29, 0.717) is 21.9 Å². The van der Waals surface area contributed by atoms with Crippen molar-refractivity contribution in [1.82, 2.24) is 0 Å². The SMILES string of the molecule is O=C(O)Cc1ccccc1COc1ccc(CO)cc1Cl. The van der Waals surface area contributed by atoms with Crippen molar-refractivity contribution in [1.29, 1.82) is 0 Å². The van der Waals surface area contributed by atoms with E-state index in [-0.39, 0.29) is 19.6 Å². The number of benzene rings is 2. The average Bonchev–Trinajstić information content (AvgIpc) is 2.46. The molecule has 0 fully saturated rings. The number of rotatable bonds is 6. The Kier molecular flexibility index (Phi) is 5.20. The van der Waals surface area contributed by atoms with Crippen LogP contribution in [0.15, 0.2) is 42.5 Å². The van der Waals surface area contributed by atoms with Gasteiger partial charge in [-0.3, -0.25) is 4.79 Å². The first-order valence-corrected chi connectivity index (χ1v) is 6.78. The summed E-state index contributed by atoms with van der Waals surface area (Å²) in [5.74, 6) is -0.383. The van der Waals surface area contributed by atoms with Crippen LogP contribution in [0.25, 0.3) is 0 Å². The number of carboxylic acid groups (broad SMARTS) is 1. The van der Waals surface area contributed by atoms with Crippen LogP contribution in [-0.4, -0.2) is 16.2 Å². The molecule has 0 aliphatic carbocycles. The van der Waals surface area contributed by atoms with Crippen LogP contribution in [0.1, 0.15) is 16.7 Å². The summed E-state index contributed by atoms with van der Waals surface area (Å²) in [6, 6.07) is 12.3. The molecule has 2 aromatic carbocycles. The molecule has 110 valence electrons. The van der Waals surface area contributed by atoms with E-state index >= 15 is 0 Å². The quantitative estimate of drug-likeness (QED) is 0.861. The molecule has 2 aromatic rings. The molecule has 0 aliphatic rings. The van der Waals surface area contributed by atoms with E-state index in [9.17, 15) is 4.79 Å². The summed E-state index contributed by atoms with van der Waals surface area (Å²) in [6.07, 6.45) is -0.0449. The molecule has 0 heterocycles. The fourth-order valence-electron chi connectivity index (χ4n) is 1.95. The molecule has 0 aromatic heterocycles. The van der Waals surface area contributed by atoms with Crippen LogP contribution in [0.3, 0.4) is 0 Å². The van der Waals surface area contributed by atoms with Crippen LogP contribution >= 0.6 is 11.6 Å². The highest BCUT2D eigenvalue weighted by atomic mass is 35.5. The van der Waals surface area contributed by atoms with Gasteiger partial charge in [0.05, 0.1) is 18.1 Å². The first-order chi connectivity index (χ1) is 10.1. The lowest BCUT2D eigenvalue weighted by Gasteiger charge is -2.11. The van der Waals surface area contributed by atoms with Gasteiger partial charge in [-0.1, -0.05) is 41.9 Å². The third-order valence-corrected chi connectivity index (χ3v) is 3.32. The lowest BCUT2D eigenvalue weighted by atomic mass is 10.1. The standard InChI is InChI=1S/C16H15ClO4/c17-14-7-11(9-18)5-6-15(14)21-10-13-4-2-1-3-12(13)8-16(19)20/h1-7,18H,8-10H2,(H,19,20). The fraction of sp³-hybridized carbons (Fsp3) is 0.188. The highest BCUT2D eigenvalue weighted by Gasteiger charge is 2.08. The molecular formula is C16H15ClO4. The largest absolute Gasteiger partial charge is 0.487 e. The maximum absolute atomic E-state index is 10.8. The summed E-state index contributed by atoms with van der Waals surface area (Å²) in [6.45, 7) is 0.156. The molecule has 0 saturated carbocycles. The first kappa shape index (κ1) is 15.4. The molecule has 0 aliphatic heterocycles. The molecule has 0 unspecified atom stereocenters. The van der Waals surface area contributed by atoms with Gasteiger partial charge in [-0.15, -0.1) is 0 Å². The van der Waals surface area contributed by atoms with Gasteiger partial charge in [0.2, 0.25) is 0 Å². The van der Waals surface area contributed by atoms with Crippen molar-refractivity contribution in [3.05, 3.63) is 64.2 Å². The van der Waals surface area contributed by atoms with Gasteiger partial charge in [0.25, 0.3) is 0 Å². The second-order valence-corrected chi connectivity index (χ2v) is 4.96. The van der Waals surface area contributed by atoms with Crippen molar-refractivity contribution in [3.8, 4) is 5.75 Å². The summed E-state index contributed by atoms with van der Waals surface area (Å²) in [7, 11) is 0. The van der Waals surface area contributed by atoms with E-state index in [1.54, 1.807) is 30.3 Å². The first-order valence-electron chi connectivity index (χ1n) is 6.41. The molecular weight excluding hydrogens is 292 g/mol. The third-order valence-electron chi connectivity index (χ3n) is 3.02. The van der Waals surface area contributed by atoms with Gasteiger partial charge in [-0.05, 0) is 28.8 Å². The predicted octanol–water partition coefficient (Wildman–Crippen LogP) is 3.04. The maximum atomic E-state index is 10.8. The Morgan fingerprint density at radius 2 is 1.86 bits per heavy atom. The minimum Gasteiger partial charge on any atom is -0.487 e. The Hall–Kier alpha value is -2.04. The Morgan fingerprint density at radius 1 is 1.14 bits per heavy atom. The van der Waals surface area contributed by atoms with Gasteiger partial charge in [0.1, 0.15) is 12.4 Å². The van der Waals surface area contributed by atoms with Gasteiger partial charge in [-0.2, -0.15) is 0 Å². The number of halogens is 1. The molecule has 4 nitrogen and oxygen atoms in total. The number of ether oxygens (including phenoxy) is 1. The molecule has 0 radical (unpaired) electrons. The molecule has 2 rings (SSSR count). The van der Waals surface area contributed by atoms with E-state index in [1.165, 1.54) is 0 Å². The van der Waals surface area contributed by atoms with Crippen LogP contribution in [-0.2, 0) is 24.4 Å². The number of hydrogen-bond acceptors (Lipinski definition) is 3.